The molecular formula is C21H38N2O16. The average Bonchev–Trinajstić information content (AvgIpc) is 2.94. The number of nitrogens with one attached hydrogen (secondary N) is 1. The molecule has 3 aliphatic heterocycles. The number of aliphatic hydroxyl groups is 8. The van der Waals surface area contributed by atoms with Gasteiger partial charge in [0.1, 0.15) is 61.5 Å². The molecule has 0 aromatic heterocycles. The first-order chi connectivity index (χ1) is 18.5. The zero-order valence-electron chi connectivity index (χ0n) is 21.2. The van der Waals surface area contributed by atoms with Gasteiger partial charge in [0.25, 0.3) is 0 Å². The molecule has 0 aliphatic carbocycles. The monoisotopic (exact) mass is 574 g/mol. The molecule has 15 unspecified atom stereocenters. The van der Waals surface area contributed by atoms with E-state index in [0.717, 1.165) is 0 Å². The standard InChI is InChI=1S/C21H38N2O16/c1-6-7(3-24)35-19(13(29)10(6)26)39-17-9(5-34-21(32)23-22)37-20(15(31)12(17)28)38-16-8(4-25)36-18(33-2)14(30)11(16)27/h6-20,24-31H,3-5,22H2,1-2H3,(H,23,32). The number of nitrogens with two attached hydrogens (primary N) is 1. The highest BCUT2D eigenvalue weighted by Crippen LogP contribution is 2.33. The third kappa shape index (κ3) is 6.94. The van der Waals surface area contributed by atoms with Gasteiger partial charge in [-0.05, 0) is 0 Å². The van der Waals surface area contributed by atoms with Gasteiger partial charge in [-0.2, -0.15) is 0 Å². The Morgan fingerprint density at radius 2 is 1.21 bits per heavy atom. The molecule has 1 amide bonds. The summed E-state index contributed by atoms with van der Waals surface area (Å²) < 4.78 is 37.6. The van der Waals surface area contributed by atoms with Crippen LogP contribution in [0.5, 0.6) is 0 Å². The Balaban J connectivity index is 1.80. The molecule has 3 saturated heterocycles. The number of methoxy groups -OCH3 is 1. The highest BCUT2D eigenvalue weighted by atomic mass is 16.8. The highest BCUT2D eigenvalue weighted by molar-refractivity contribution is 5.66. The van der Waals surface area contributed by atoms with E-state index in [1.54, 1.807) is 5.43 Å². The SMILES string of the molecule is COC1OC(CO)C(OC2OC(COC(=O)NN)C(OC3OC(CO)C(C)C(O)C3O)C(O)C2O)C(O)C1O. The molecule has 0 aromatic carbocycles. The van der Waals surface area contributed by atoms with Gasteiger partial charge in [-0.1, -0.05) is 6.92 Å². The molecule has 0 aromatic rings. The summed E-state index contributed by atoms with van der Waals surface area (Å²) in [5, 5.41) is 82.6. The molecule has 0 radical (unpaired) electrons. The summed E-state index contributed by atoms with van der Waals surface area (Å²) in [6.07, 6.45) is -22.6. The molecular weight excluding hydrogens is 536 g/mol. The van der Waals surface area contributed by atoms with Crippen LogP contribution in [0.2, 0.25) is 0 Å². The van der Waals surface area contributed by atoms with Crippen molar-refractivity contribution < 1.29 is 78.8 Å². The molecule has 3 rings (SSSR count). The van der Waals surface area contributed by atoms with Crippen molar-refractivity contribution >= 4 is 6.09 Å². The van der Waals surface area contributed by atoms with Crippen molar-refractivity contribution in [1.29, 1.82) is 0 Å². The van der Waals surface area contributed by atoms with Crippen LogP contribution < -0.4 is 11.3 Å². The van der Waals surface area contributed by atoms with Crippen LogP contribution >= 0.6 is 0 Å². The normalized spacial score (nSPS) is 47.0. The number of ether oxygens (including phenoxy) is 7. The van der Waals surface area contributed by atoms with Crippen LogP contribution in [0.4, 0.5) is 4.79 Å². The molecule has 39 heavy (non-hydrogen) atoms. The van der Waals surface area contributed by atoms with E-state index in [1.165, 1.54) is 14.0 Å². The van der Waals surface area contributed by atoms with E-state index in [2.05, 4.69) is 0 Å². The lowest BCUT2D eigenvalue weighted by molar-refractivity contribution is -0.376. The Morgan fingerprint density at radius 1 is 0.744 bits per heavy atom. The number of hydrazine groups is 1. The second-order valence-electron chi connectivity index (χ2n) is 9.48. The molecule has 3 fully saturated rings. The molecule has 3 heterocycles. The van der Waals surface area contributed by atoms with E-state index in [9.17, 15) is 45.6 Å². The van der Waals surface area contributed by atoms with Crippen molar-refractivity contribution in [2.75, 3.05) is 26.9 Å². The summed E-state index contributed by atoms with van der Waals surface area (Å²) in [5.74, 6) is 4.34. The van der Waals surface area contributed by atoms with Crippen LogP contribution in [0.3, 0.4) is 0 Å². The van der Waals surface area contributed by atoms with E-state index in [-0.39, 0.29) is 0 Å². The fourth-order valence-electron chi connectivity index (χ4n) is 4.64. The number of carbonyl (C=O) groups excluding carboxylic acids is 1. The van der Waals surface area contributed by atoms with Crippen LogP contribution in [-0.4, -0.2) is 160 Å². The second kappa shape index (κ2) is 14.0. The van der Waals surface area contributed by atoms with Crippen molar-refractivity contribution in [2.45, 2.75) is 92.9 Å². The number of hydrogen-bond donors (Lipinski definition) is 10. The number of hydrogen-bond acceptors (Lipinski definition) is 17. The Bertz CT molecular complexity index is 778. The topological polar surface area (TPSA) is 282 Å². The lowest BCUT2D eigenvalue weighted by atomic mass is 9.91. The van der Waals surface area contributed by atoms with Crippen molar-refractivity contribution in [2.24, 2.45) is 11.8 Å². The van der Waals surface area contributed by atoms with Crippen LogP contribution in [0.25, 0.3) is 0 Å². The minimum atomic E-state index is -1.91. The molecule has 15 atom stereocenters. The van der Waals surface area contributed by atoms with Gasteiger partial charge in [-0.15, -0.1) is 0 Å². The largest absolute Gasteiger partial charge is 0.446 e. The average molecular weight is 575 g/mol. The van der Waals surface area contributed by atoms with Gasteiger partial charge in [0, 0.05) is 13.0 Å². The zero-order valence-corrected chi connectivity index (χ0v) is 21.2. The molecule has 18 heteroatoms. The molecule has 0 saturated carbocycles. The summed E-state index contributed by atoms with van der Waals surface area (Å²) >= 11 is 0. The lowest BCUT2D eigenvalue weighted by Crippen LogP contribution is -2.66. The van der Waals surface area contributed by atoms with Gasteiger partial charge in [0.05, 0.1) is 25.4 Å². The summed E-state index contributed by atoms with van der Waals surface area (Å²) in [6.45, 7) is -0.335. The van der Waals surface area contributed by atoms with Gasteiger partial charge in [-0.25, -0.2) is 10.6 Å². The molecule has 3 aliphatic rings. The van der Waals surface area contributed by atoms with E-state index in [4.69, 9.17) is 39.0 Å². The number of amides is 1. The second-order valence-corrected chi connectivity index (χ2v) is 9.48. The van der Waals surface area contributed by atoms with Crippen LogP contribution in [0.15, 0.2) is 0 Å². The molecule has 0 bridgehead atoms. The fraction of sp³-hybridized carbons (Fsp3) is 0.952. The highest BCUT2D eigenvalue weighted by Gasteiger charge is 2.53. The van der Waals surface area contributed by atoms with Gasteiger partial charge >= 0.3 is 6.09 Å². The van der Waals surface area contributed by atoms with Crippen LogP contribution in [0, 0.1) is 5.92 Å². The first kappa shape index (κ1) is 32.2. The molecule has 0 spiro atoms. The number of carbonyl (C=O) groups is 1. The molecule has 11 N–H and O–H groups in total. The zero-order chi connectivity index (χ0) is 29.0. The molecule has 18 nitrogen and oxygen atoms in total. The minimum absolute atomic E-state index is 0.524. The predicted octanol–water partition coefficient (Wildman–Crippen LogP) is -6.04. The first-order valence-corrected chi connectivity index (χ1v) is 12.2. The van der Waals surface area contributed by atoms with E-state index in [1.807, 2.05) is 0 Å². The Kier molecular flexibility index (Phi) is 11.6. The van der Waals surface area contributed by atoms with E-state index >= 15 is 0 Å². The fourth-order valence-corrected chi connectivity index (χ4v) is 4.64. The van der Waals surface area contributed by atoms with Crippen LogP contribution in [0.1, 0.15) is 6.92 Å². The van der Waals surface area contributed by atoms with Crippen molar-refractivity contribution in [3.63, 3.8) is 0 Å². The smallest absolute Gasteiger partial charge is 0.421 e. The van der Waals surface area contributed by atoms with Gasteiger partial charge in [0.15, 0.2) is 18.9 Å². The first-order valence-electron chi connectivity index (χ1n) is 12.2. The Labute approximate surface area is 222 Å². The van der Waals surface area contributed by atoms with Crippen molar-refractivity contribution in [3.05, 3.63) is 0 Å². The van der Waals surface area contributed by atoms with Crippen LogP contribution in [-0.2, 0) is 33.2 Å². The lowest BCUT2D eigenvalue weighted by Gasteiger charge is -2.48. The number of aliphatic hydroxyl groups excluding tert-OH is 8. The van der Waals surface area contributed by atoms with Gasteiger partial charge in [-0.3, -0.25) is 5.43 Å². The Hall–Kier alpha value is -1.33. The minimum Gasteiger partial charge on any atom is -0.446 e. The van der Waals surface area contributed by atoms with E-state index < -0.39 is 118 Å². The quantitative estimate of drug-likeness (QED) is 0.0696. The molecule has 228 valence electrons. The third-order valence-corrected chi connectivity index (χ3v) is 7.02. The number of rotatable bonds is 9. The predicted molar refractivity (Wildman–Crippen MR) is 121 cm³/mol. The maximum absolute atomic E-state index is 11.6. The van der Waals surface area contributed by atoms with Crippen molar-refractivity contribution in [3.8, 4) is 0 Å². The van der Waals surface area contributed by atoms with Crippen molar-refractivity contribution in [1.82, 2.24) is 5.43 Å². The van der Waals surface area contributed by atoms with Gasteiger partial charge in [0.2, 0.25) is 0 Å². The third-order valence-electron chi connectivity index (χ3n) is 7.02. The summed E-state index contributed by atoms with van der Waals surface area (Å²) in [6, 6.07) is 0. The summed E-state index contributed by atoms with van der Waals surface area (Å²) in [5.41, 5.74) is 1.72. The Morgan fingerprint density at radius 3 is 1.72 bits per heavy atom. The van der Waals surface area contributed by atoms with E-state index in [0.29, 0.717) is 0 Å². The maximum Gasteiger partial charge on any atom is 0.421 e. The van der Waals surface area contributed by atoms with Gasteiger partial charge < -0.3 is 74.0 Å². The maximum atomic E-state index is 11.6. The summed E-state index contributed by atoms with van der Waals surface area (Å²) in [4.78, 5) is 11.6. The summed E-state index contributed by atoms with van der Waals surface area (Å²) in [7, 11) is 1.21.